The van der Waals surface area contributed by atoms with Crippen LogP contribution in [0.2, 0.25) is 5.28 Å². The standard InChI is InChI=1S/C26H33N9O2.C15H24N4O2.C11H10ClN5/c1-8-23(36)28-19-13-20(22(37-7)14-21(19)33(4)12-11-32(2)3)29-26-30-24(17-15-27-35(6)16-17)18-9-10-34(5)25(18)31-26;1-6-15(20)17-12-9-11(16)14(21-5)10-13(12)19(4)8-7-18(2)3;1-16-4-3-8-9(7-5-13-17(2)6-7)14-11(12)15-10(8)16/h8-10,13-16H,1,11-12H2,2-7H3,(H,28,36)(H,29,30,31);6,9-10H,1,7-8,16H2,2-5H3,(H,17,20);3-6H,1-2H3. The summed E-state index contributed by atoms with van der Waals surface area (Å²) in [7, 11) is 22.8. The number of halogens is 1. The van der Waals surface area contributed by atoms with E-state index >= 15 is 0 Å². The molecule has 0 aliphatic carbocycles. The van der Waals surface area contributed by atoms with Gasteiger partial charge in [0.1, 0.15) is 22.8 Å². The minimum atomic E-state index is -0.307. The summed E-state index contributed by atoms with van der Waals surface area (Å²) in [6, 6.07) is 11.2. The normalized spacial score (nSPS) is 10.9. The number of nitrogen functional groups attached to an aromatic ring is 1. The molecular formula is C52H67ClN18O4. The monoisotopic (exact) mass is 1040 g/mol. The number of likely N-dealkylation sites (N-methyl/N-ethyl adjacent to an activating group) is 4. The van der Waals surface area contributed by atoms with E-state index in [0.29, 0.717) is 40.2 Å². The van der Waals surface area contributed by atoms with Crippen LogP contribution in [0, 0.1) is 0 Å². The Bertz CT molecular complexity index is 3300. The van der Waals surface area contributed by atoms with Crippen molar-refractivity contribution in [3.63, 3.8) is 0 Å². The van der Waals surface area contributed by atoms with Crippen LogP contribution >= 0.6 is 11.6 Å². The number of aryl methyl sites for hydroxylation is 4. The Labute approximate surface area is 442 Å². The van der Waals surface area contributed by atoms with E-state index < -0.39 is 0 Å². The van der Waals surface area contributed by atoms with E-state index in [9.17, 15) is 9.59 Å². The Kier molecular flexibility index (Phi) is 18.6. The fraction of sp³-hybridized carbons (Fsp3) is 0.308. The number of fused-ring (bicyclic) bond motifs is 2. The van der Waals surface area contributed by atoms with Crippen molar-refractivity contribution in [1.82, 2.24) is 58.4 Å². The van der Waals surface area contributed by atoms with Crippen molar-refractivity contribution >= 4 is 85.6 Å². The van der Waals surface area contributed by atoms with Gasteiger partial charge in [-0.1, -0.05) is 13.2 Å². The third-order valence-corrected chi connectivity index (χ3v) is 11.9. The molecule has 8 aromatic rings. The first-order valence-corrected chi connectivity index (χ1v) is 24.0. The van der Waals surface area contributed by atoms with Gasteiger partial charge in [0, 0.05) is 127 Å². The van der Waals surface area contributed by atoms with Crippen LogP contribution in [-0.2, 0) is 37.8 Å². The lowest BCUT2D eigenvalue weighted by molar-refractivity contribution is -0.112. The highest BCUT2D eigenvalue weighted by Gasteiger charge is 2.20. The number of nitrogens with two attached hydrogens (primary N) is 1. The summed E-state index contributed by atoms with van der Waals surface area (Å²) in [6.45, 7) is 10.3. The van der Waals surface area contributed by atoms with Crippen molar-refractivity contribution in [2.45, 2.75) is 0 Å². The Morgan fingerprint density at radius 1 is 0.653 bits per heavy atom. The van der Waals surface area contributed by atoms with Gasteiger partial charge in [-0.15, -0.1) is 0 Å². The minimum absolute atomic E-state index is 0.248. The Morgan fingerprint density at radius 2 is 1.12 bits per heavy atom. The van der Waals surface area contributed by atoms with Gasteiger partial charge in [0.15, 0.2) is 0 Å². The van der Waals surface area contributed by atoms with E-state index in [1.54, 1.807) is 42.0 Å². The molecule has 0 fully saturated rings. The molecule has 2 aromatic carbocycles. The number of nitrogens with zero attached hydrogens (tertiary/aromatic N) is 14. The topological polar surface area (TPSA) is 225 Å². The Hall–Kier alpha value is -8.47. The molecule has 396 valence electrons. The van der Waals surface area contributed by atoms with Crippen LogP contribution in [0.15, 0.2) is 98.9 Å². The lowest BCUT2D eigenvalue weighted by Crippen LogP contribution is -2.29. The molecule has 0 saturated heterocycles. The summed E-state index contributed by atoms with van der Waals surface area (Å²) in [5.74, 6) is 0.974. The number of aromatic nitrogens is 10. The minimum Gasteiger partial charge on any atom is -0.495 e. The van der Waals surface area contributed by atoms with E-state index in [-0.39, 0.29) is 17.1 Å². The van der Waals surface area contributed by atoms with Crippen molar-refractivity contribution in [3.05, 3.63) is 104 Å². The molecule has 2 amide bonds. The van der Waals surface area contributed by atoms with Crippen LogP contribution in [0.4, 0.5) is 40.1 Å². The molecule has 8 rings (SSSR count). The maximum absolute atomic E-state index is 12.3. The van der Waals surface area contributed by atoms with E-state index in [2.05, 4.69) is 64.0 Å². The molecule has 0 spiro atoms. The second-order valence-electron chi connectivity index (χ2n) is 18.0. The second kappa shape index (κ2) is 25.0. The number of hydrogen-bond acceptors (Lipinski definition) is 16. The van der Waals surface area contributed by atoms with Gasteiger partial charge < -0.3 is 59.9 Å². The van der Waals surface area contributed by atoms with Gasteiger partial charge in [0.25, 0.3) is 0 Å². The largest absolute Gasteiger partial charge is 0.495 e. The number of carbonyl (C=O) groups is 2. The van der Waals surface area contributed by atoms with Crippen LogP contribution in [0.25, 0.3) is 44.6 Å². The number of amides is 2. The number of anilines is 7. The van der Waals surface area contributed by atoms with E-state index in [1.807, 2.05) is 140 Å². The average molecular weight is 1040 g/mol. The van der Waals surface area contributed by atoms with E-state index in [0.717, 1.165) is 82.1 Å². The molecule has 6 heterocycles. The van der Waals surface area contributed by atoms with E-state index in [1.165, 1.54) is 12.2 Å². The third-order valence-electron chi connectivity index (χ3n) is 11.8. The average Bonchev–Trinajstić information content (AvgIpc) is 4.20. The zero-order valence-electron chi connectivity index (χ0n) is 44.7. The second-order valence-corrected chi connectivity index (χ2v) is 18.4. The molecule has 0 unspecified atom stereocenters. The first-order valence-electron chi connectivity index (χ1n) is 23.6. The summed E-state index contributed by atoms with van der Waals surface area (Å²) < 4.78 is 18.3. The van der Waals surface area contributed by atoms with Crippen molar-refractivity contribution < 1.29 is 19.1 Å². The number of hydrogen-bond donors (Lipinski definition) is 4. The molecule has 0 aliphatic rings. The van der Waals surface area contributed by atoms with Gasteiger partial charge in [0.05, 0.1) is 72.1 Å². The fourth-order valence-corrected chi connectivity index (χ4v) is 7.85. The number of ether oxygens (including phenoxy) is 2. The van der Waals surface area contributed by atoms with Crippen molar-refractivity contribution in [1.29, 1.82) is 0 Å². The van der Waals surface area contributed by atoms with Crippen LogP contribution in [-0.4, -0.2) is 153 Å². The predicted molar refractivity (Wildman–Crippen MR) is 301 cm³/mol. The number of carbonyl (C=O) groups excluding carboxylic acids is 2. The highest BCUT2D eigenvalue weighted by molar-refractivity contribution is 6.28. The summed E-state index contributed by atoms with van der Waals surface area (Å²) in [6.07, 6.45) is 13.7. The SMILES string of the molecule is C=CC(=O)Nc1cc(N)c(OC)cc1N(C)CCN(C)C.C=CC(=O)Nc1cc(Nc2nc(-c3cnn(C)c3)c3ccn(C)c3n2)c(OC)cc1N(C)CCN(C)C.Cn1cc(-c2nc(Cl)nc3c2ccn3C)cn1. The zero-order chi connectivity index (χ0) is 54.7. The van der Waals surface area contributed by atoms with E-state index in [4.69, 9.17) is 36.8 Å². The van der Waals surface area contributed by atoms with Gasteiger partial charge in [-0.3, -0.25) is 19.0 Å². The molecule has 0 aliphatic heterocycles. The van der Waals surface area contributed by atoms with Crippen LogP contribution in [0.3, 0.4) is 0 Å². The Morgan fingerprint density at radius 3 is 1.57 bits per heavy atom. The van der Waals surface area contributed by atoms with Gasteiger partial charge in [-0.25, -0.2) is 9.97 Å². The lowest BCUT2D eigenvalue weighted by Gasteiger charge is -2.26. The van der Waals surface area contributed by atoms with Gasteiger partial charge >= 0.3 is 0 Å². The number of rotatable bonds is 18. The fourth-order valence-electron chi connectivity index (χ4n) is 7.69. The number of nitrogens with one attached hydrogen (secondary N) is 3. The first-order chi connectivity index (χ1) is 35.7. The van der Waals surface area contributed by atoms with Crippen LogP contribution < -0.4 is 41.0 Å². The highest BCUT2D eigenvalue weighted by atomic mass is 35.5. The van der Waals surface area contributed by atoms with Gasteiger partial charge in [0.2, 0.25) is 23.0 Å². The smallest absolute Gasteiger partial charge is 0.247 e. The first kappa shape index (κ1) is 55.8. The van der Waals surface area contributed by atoms with Crippen molar-refractivity contribution in [2.24, 2.45) is 28.2 Å². The summed E-state index contributed by atoms with van der Waals surface area (Å²) >= 11 is 5.95. The molecule has 0 atom stereocenters. The lowest BCUT2D eigenvalue weighted by atomic mass is 10.2. The van der Waals surface area contributed by atoms with Crippen LogP contribution in [0.5, 0.6) is 11.5 Å². The van der Waals surface area contributed by atoms with Gasteiger partial charge in [-0.05, 0) is 76.2 Å². The highest BCUT2D eigenvalue weighted by Crippen LogP contribution is 2.39. The summed E-state index contributed by atoms with van der Waals surface area (Å²) in [4.78, 5) is 50.2. The quantitative estimate of drug-likeness (QED) is 0.0400. The molecule has 6 aromatic heterocycles. The molecule has 23 heteroatoms. The number of methoxy groups -OCH3 is 2. The molecular weight excluding hydrogens is 976 g/mol. The van der Waals surface area contributed by atoms with Crippen molar-refractivity contribution in [3.8, 4) is 34.0 Å². The number of benzene rings is 2. The molecule has 75 heavy (non-hydrogen) atoms. The maximum atomic E-state index is 12.3. The zero-order valence-corrected chi connectivity index (χ0v) is 45.4. The molecule has 22 nitrogen and oxygen atoms in total. The molecule has 0 saturated carbocycles. The van der Waals surface area contributed by atoms with Crippen LogP contribution in [0.1, 0.15) is 0 Å². The third kappa shape index (κ3) is 14.0. The maximum Gasteiger partial charge on any atom is 0.247 e. The summed E-state index contributed by atoms with van der Waals surface area (Å²) in [5.41, 5.74) is 14.9. The van der Waals surface area contributed by atoms with Gasteiger partial charge in [-0.2, -0.15) is 20.2 Å². The predicted octanol–water partition coefficient (Wildman–Crippen LogP) is 6.67. The van der Waals surface area contributed by atoms with Crippen molar-refractivity contribution in [2.75, 3.05) is 114 Å². The molecule has 0 bridgehead atoms. The Balaban J connectivity index is 0.000000202. The molecule has 5 N–H and O–H groups in total. The molecule has 0 radical (unpaired) electrons. The summed E-state index contributed by atoms with van der Waals surface area (Å²) in [5, 5.41) is 19.6.